The lowest BCUT2D eigenvalue weighted by Crippen LogP contribution is -2.33. The maximum absolute atomic E-state index is 12.2. The molecule has 1 fully saturated rings. The summed E-state index contributed by atoms with van der Waals surface area (Å²) in [4.78, 5) is 14.0. The van der Waals surface area contributed by atoms with E-state index in [-0.39, 0.29) is 23.5 Å². The number of aromatic nitrogens is 2. The summed E-state index contributed by atoms with van der Waals surface area (Å²) in [6.45, 7) is 1.96. The van der Waals surface area contributed by atoms with E-state index >= 15 is 0 Å². The highest BCUT2D eigenvalue weighted by atomic mass is 32.2. The highest BCUT2D eigenvalue weighted by Crippen LogP contribution is 2.21. The monoisotopic (exact) mass is 360 g/mol. The molecule has 1 aromatic heterocycles. The summed E-state index contributed by atoms with van der Waals surface area (Å²) in [5, 5.41) is 10.8. The van der Waals surface area contributed by atoms with Crippen LogP contribution in [0.1, 0.15) is 22.3 Å². The van der Waals surface area contributed by atoms with E-state index in [1.807, 2.05) is 24.0 Å². The average Bonchev–Trinajstić information content (AvgIpc) is 2.95. The van der Waals surface area contributed by atoms with Crippen LogP contribution in [0.5, 0.6) is 0 Å². The predicted molar refractivity (Wildman–Crippen MR) is 96.6 cm³/mol. The second-order valence-corrected chi connectivity index (χ2v) is 8.49. The van der Waals surface area contributed by atoms with E-state index < -0.39 is 9.84 Å². The molecule has 25 heavy (non-hydrogen) atoms. The maximum Gasteiger partial charge on any atom is 0.256 e. The summed E-state index contributed by atoms with van der Waals surface area (Å²) in [6, 6.07) is 10.5. The zero-order chi connectivity index (χ0) is 18.0. The van der Waals surface area contributed by atoms with Crippen molar-refractivity contribution in [2.45, 2.75) is 19.4 Å². The highest BCUT2D eigenvalue weighted by molar-refractivity contribution is 7.91. The van der Waals surface area contributed by atoms with Gasteiger partial charge in [0, 0.05) is 18.7 Å². The minimum absolute atomic E-state index is 0.0905. The van der Waals surface area contributed by atoms with Gasteiger partial charge in [-0.2, -0.15) is 0 Å². The van der Waals surface area contributed by atoms with Gasteiger partial charge in [0.15, 0.2) is 21.5 Å². The standard InChI is InChI=1S/C17H20N4O3S/c1-12-3-5-13(6-4-12)17(22)18-15-7-8-16(20-19-15)21(2)14-9-10-25(23,24)11-14/h3-8,14H,9-11H2,1-2H3,(H,18,19,22). The van der Waals surface area contributed by atoms with Crippen LogP contribution in [0.25, 0.3) is 0 Å². The SMILES string of the molecule is Cc1ccc(C(=O)Nc2ccc(N(C)C3CCS(=O)(=O)C3)nn2)cc1. The van der Waals surface area contributed by atoms with E-state index in [1.165, 1.54) is 0 Å². The van der Waals surface area contributed by atoms with Crippen molar-refractivity contribution in [2.75, 3.05) is 28.8 Å². The molecule has 1 atom stereocenters. The van der Waals surface area contributed by atoms with Crippen molar-refractivity contribution in [3.05, 3.63) is 47.5 Å². The summed E-state index contributed by atoms with van der Waals surface area (Å²) < 4.78 is 23.2. The van der Waals surface area contributed by atoms with Gasteiger partial charge in [0.05, 0.1) is 11.5 Å². The molecule has 2 aromatic rings. The number of hydrogen-bond donors (Lipinski definition) is 1. The quantitative estimate of drug-likeness (QED) is 0.891. The van der Waals surface area contributed by atoms with Crippen LogP contribution in [0, 0.1) is 6.92 Å². The number of carbonyl (C=O) groups is 1. The van der Waals surface area contributed by atoms with Gasteiger partial charge in [-0.3, -0.25) is 4.79 Å². The molecule has 0 spiro atoms. The van der Waals surface area contributed by atoms with Gasteiger partial charge >= 0.3 is 0 Å². The number of carbonyl (C=O) groups excluding carboxylic acids is 1. The lowest BCUT2D eigenvalue weighted by molar-refractivity contribution is 0.102. The molecule has 3 rings (SSSR count). The van der Waals surface area contributed by atoms with Gasteiger partial charge in [-0.25, -0.2) is 8.42 Å². The summed E-state index contributed by atoms with van der Waals surface area (Å²) in [5.74, 6) is 1.02. The van der Waals surface area contributed by atoms with Gasteiger partial charge in [0.2, 0.25) is 0 Å². The molecule has 1 aromatic carbocycles. The van der Waals surface area contributed by atoms with Gasteiger partial charge in [0.1, 0.15) is 0 Å². The minimum Gasteiger partial charge on any atom is -0.354 e. The summed E-state index contributed by atoms with van der Waals surface area (Å²) >= 11 is 0. The molecular weight excluding hydrogens is 340 g/mol. The zero-order valence-electron chi connectivity index (χ0n) is 14.1. The number of anilines is 2. The molecule has 132 valence electrons. The number of amides is 1. The number of rotatable bonds is 4. The van der Waals surface area contributed by atoms with Crippen LogP contribution in [0.3, 0.4) is 0 Å². The summed E-state index contributed by atoms with van der Waals surface area (Å²) in [6.07, 6.45) is 0.590. The predicted octanol–water partition coefficient (Wildman–Crippen LogP) is 1.66. The molecule has 0 radical (unpaired) electrons. The van der Waals surface area contributed by atoms with Crippen molar-refractivity contribution in [1.29, 1.82) is 0 Å². The van der Waals surface area contributed by atoms with Crippen LogP contribution < -0.4 is 10.2 Å². The Morgan fingerprint density at radius 3 is 2.44 bits per heavy atom. The van der Waals surface area contributed by atoms with E-state index in [0.717, 1.165) is 5.56 Å². The second-order valence-electron chi connectivity index (χ2n) is 6.26. The van der Waals surface area contributed by atoms with Crippen LogP contribution in [0.2, 0.25) is 0 Å². The number of aryl methyl sites for hydroxylation is 1. The first-order valence-electron chi connectivity index (χ1n) is 7.99. The first kappa shape index (κ1) is 17.3. The van der Waals surface area contributed by atoms with Crippen molar-refractivity contribution in [1.82, 2.24) is 10.2 Å². The van der Waals surface area contributed by atoms with Gasteiger partial charge in [-0.15, -0.1) is 10.2 Å². The van der Waals surface area contributed by atoms with Crippen molar-refractivity contribution < 1.29 is 13.2 Å². The molecule has 0 saturated carbocycles. The fourth-order valence-corrected chi connectivity index (χ4v) is 4.52. The lowest BCUT2D eigenvalue weighted by Gasteiger charge is -2.23. The van der Waals surface area contributed by atoms with Crippen LogP contribution in [-0.4, -0.2) is 49.1 Å². The third-order valence-corrected chi connectivity index (χ3v) is 6.07. The summed E-state index contributed by atoms with van der Waals surface area (Å²) in [5.41, 5.74) is 1.63. The molecule has 2 heterocycles. The Labute approximate surface area is 147 Å². The van der Waals surface area contributed by atoms with Gasteiger partial charge in [-0.05, 0) is 37.6 Å². The van der Waals surface area contributed by atoms with Crippen LogP contribution in [0.4, 0.5) is 11.6 Å². The smallest absolute Gasteiger partial charge is 0.256 e. The second kappa shape index (κ2) is 6.79. The topological polar surface area (TPSA) is 92.3 Å². The fraction of sp³-hybridized carbons (Fsp3) is 0.353. The minimum atomic E-state index is -2.95. The Morgan fingerprint density at radius 2 is 1.88 bits per heavy atom. The van der Waals surface area contributed by atoms with Gasteiger partial charge in [0.25, 0.3) is 5.91 Å². The molecule has 0 bridgehead atoms. The first-order valence-corrected chi connectivity index (χ1v) is 9.81. The molecule has 1 amide bonds. The molecule has 1 aliphatic heterocycles. The van der Waals surface area contributed by atoms with E-state index in [9.17, 15) is 13.2 Å². The number of hydrogen-bond acceptors (Lipinski definition) is 6. The van der Waals surface area contributed by atoms with Crippen LogP contribution in [0.15, 0.2) is 36.4 Å². The molecule has 0 aliphatic carbocycles. The number of nitrogens with one attached hydrogen (secondary N) is 1. The first-order chi connectivity index (χ1) is 11.8. The Balaban J connectivity index is 1.66. The van der Waals surface area contributed by atoms with Gasteiger partial charge in [-0.1, -0.05) is 17.7 Å². The van der Waals surface area contributed by atoms with E-state index in [2.05, 4.69) is 15.5 Å². The largest absolute Gasteiger partial charge is 0.354 e. The normalized spacial score (nSPS) is 18.7. The Kier molecular flexibility index (Phi) is 4.71. The lowest BCUT2D eigenvalue weighted by atomic mass is 10.1. The van der Waals surface area contributed by atoms with Crippen LogP contribution in [-0.2, 0) is 9.84 Å². The number of sulfone groups is 1. The van der Waals surface area contributed by atoms with Gasteiger partial charge < -0.3 is 10.2 Å². The van der Waals surface area contributed by atoms with Crippen molar-refractivity contribution in [3.63, 3.8) is 0 Å². The van der Waals surface area contributed by atoms with Crippen LogP contribution >= 0.6 is 0 Å². The molecule has 1 aliphatic rings. The summed E-state index contributed by atoms with van der Waals surface area (Å²) in [7, 11) is -1.15. The Hall–Kier alpha value is -2.48. The van der Waals surface area contributed by atoms with E-state index in [0.29, 0.717) is 23.6 Å². The Morgan fingerprint density at radius 1 is 1.16 bits per heavy atom. The molecular formula is C17H20N4O3S. The molecule has 1 saturated heterocycles. The number of nitrogens with zero attached hydrogens (tertiary/aromatic N) is 3. The van der Waals surface area contributed by atoms with Crippen molar-refractivity contribution in [3.8, 4) is 0 Å². The highest BCUT2D eigenvalue weighted by Gasteiger charge is 2.31. The third-order valence-electron chi connectivity index (χ3n) is 4.32. The van der Waals surface area contributed by atoms with Crippen molar-refractivity contribution in [2.24, 2.45) is 0 Å². The zero-order valence-corrected chi connectivity index (χ0v) is 15.0. The molecule has 1 N–H and O–H groups in total. The fourth-order valence-electron chi connectivity index (χ4n) is 2.74. The maximum atomic E-state index is 12.2. The molecule has 1 unspecified atom stereocenters. The molecule has 7 nitrogen and oxygen atoms in total. The Bertz CT molecular complexity index is 864. The average molecular weight is 360 g/mol. The van der Waals surface area contributed by atoms with Crippen molar-refractivity contribution >= 4 is 27.4 Å². The number of benzene rings is 1. The van der Waals surface area contributed by atoms with E-state index in [1.54, 1.807) is 31.3 Å². The molecule has 8 heteroatoms. The third kappa shape index (κ3) is 4.14. The van der Waals surface area contributed by atoms with E-state index in [4.69, 9.17) is 0 Å².